The summed E-state index contributed by atoms with van der Waals surface area (Å²) in [5.74, 6) is 0. The van der Waals surface area contributed by atoms with Crippen LogP contribution >= 0.6 is 63.7 Å². The predicted molar refractivity (Wildman–Crippen MR) is 142 cm³/mol. The van der Waals surface area contributed by atoms with Crippen molar-refractivity contribution in [3.8, 4) is 0 Å². The summed E-state index contributed by atoms with van der Waals surface area (Å²) >= 11 is 14.4. The van der Waals surface area contributed by atoms with Crippen molar-refractivity contribution in [2.24, 2.45) is 0 Å². The zero-order chi connectivity index (χ0) is 23.0. The van der Waals surface area contributed by atoms with Gasteiger partial charge in [0.1, 0.15) is 18.3 Å². The maximum atomic E-state index is 14.2. The second-order valence-corrected chi connectivity index (χ2v) is 10.9. The lowest BCUT2D eigenvalue weighted by Gasteiger charge is -2.40. The Labute approximate surface area is 220 Å². The summed E-state index contributed by atoms with van der Waals surface area (Å²) in [4.78, 5) is 1.88. The third-order valence-electron chi connectivity index (χ3n) is 5.57. The molecular weight excluding hydrogens is 672 g/mol. The van der Waals surface area contributed by atoms with Crippen LogP contribution in [0.1, 0.15) is 23.3 Å². The molecule has 5 nitrogen and oxygen atoms in total. The van der Waals surface area contributed by atoms with Gasteiger partial charge in [-0.3, -0.25) is 0 Å². The number of halogens is 4. The van der Waals surface area contributed by atoms with Gasteiger partial charge in [-0.15, -0.1) is 0 Å². The van der Waals surface area contributed by atoms with E-state index < -0.39 is 16.9 Å². The second-order valence-electron chi connectivity index (χ2n) is 7.74. The number of quaternary nitrogens is 1. The van der Waals surface area contributed by atoms with Gasteiger partial charge >= 0.3 is 0 Å². The molecule has 1 heterocycles. The van der Waals surface area contributed by atoms with Crippen molar-refractivity contribution in [1.82, 2.24) is 4.65 Å². The molecule has 0 radical (unpaired) electrons. The number of aliphatic hydroxyl groups excluding tert-OH is 2. The van der Waals surface area contributed by atoms with Gasteiger partial charge < -0.3 is 25.0 Å². The molecule has 1 aliphatic heterocycles. The lowest BCUT2D eigenvalue weighted by Crippen LogP contribution is -2.49. The number of rotatable bonds is 6. The van der Waals surface area contributed by atoms with Crippen molar-refractivity contribution in [3.63, 3.8) is 0 Å². The maximum Gasteiger partial charge on any atom is 0.174 e. The van der Waals surface area contributed by atoms with Gasteiger partial charge in [-0.1, -0.05) is 60.7 Å². The van der Waals surface area contributed by atoms with E-state index in [9.17, 15) is 15.4 Å². The number of hydrogen-bond acceptors (Lipinski definition) is 4. The predicted octanol–water partition coefficient (Wildman–Crippen LogP) is 6.79. The van der Waals surface area contributed by atoms with Crippen molar-refractivity contribution in [2.45, 2.75) is 12.2 Å². The first kappa shape index (κ1) is 24.3. The first-order valence-corrected chi connectivity index (χ1v) is 13.1. The van der Waals surface area contributed by atoms with Crippen molar-refractivity contribution in [1.29, 1.82) is 0 Å². The van der Waals surface area contributed by atoms with E-state index in [4.69, 9.17) is 0 Å². The lowest BCUT2D eigenvalue weighted by molar-refractivity contribution is 0.137. The van der Waals surface area contributed by atoms with Gasteiger partial charge in [0.25, 0.3) is 0 Å². The summed E-state index contributed by atoms with van der Waals surface area (Å²) in [6.45, 7) is 0.233. The minimum absolute atomic E-state index is 0.0587. The Morgan fingerprint density at radius 3 is 1.84 bits per heavy atom. The zero-order valence-corrected chi connectivity index (χ0v) is 23.1. The smallest absolute Gasteiger partial charge is 0.174 e. The molecule has 2 N–H and O–H groups in total. The van der Waals surface area contributed by atoms with Gasteiger partial charge in [0.15, 0.2) is 12.4 Å². The lowest BCUT2D eigenvalue weighted by atomic mass is 10.1. The monoisotopic (exact) mass is 688 g/mol. The van der Waals surface area contributed by atoms with Crippen LogP contribution in [0.4, 0.5) is 11.4 Å². The van der Waals surface area contributed by atoms with Gasteiger partial charge in [0.2, 0.25) is 0 Å². The number of fused-ring (bicyclic) bond motifs is 1. The fourth-order valence-corrected chi connectivity index (χ4v) is 6.68. The van der Waals surface area contributed by atoms with Crippen molar-refractivity contribution >= 4 is 75.1 Å². The van der Waals surface area contributed by atoms with Crippen LogP contribution in [0.2, 0.25) is 0 Å². The van der Waals surface area contributed by atoms with E-state index in [1.54, 1.807) is 0 Å². The van der Waals surface area contributed by atoms with E-state index in [-0.39, 0.29) is 19.8 Å². The van der Waals surface area contributed by atoms with Crippen molar-refractivity contribution in [3.05, 3.63) is 94.9 Å². The molecule has 168 valence electrons. The van der Waals surface area contributed by atoms with Gasteiger partial charge in [-0.05, 0) is 74.8 Å². The van der Waals surface area contributed by atoms with Gasteiger partial charge in [0, 0.05) is 4.47 Å². The quantitative estimate of drug-likeness (QED) is 0.129. The zero-order valence-electron chi connectivity index (χ0n) is 16.8. The average molecular weight is 692 g/mol. The van der Waals surface area contributed by atoms with Crippen molar-refractivity contribution in [2.75, 3.05) is 24.7 Å². The first-order valence-electron chi connectivity index (χ1n) is 9.88. The third-order valence-corrected chi connectivity index (χ3v) is 10.3. The summed E-state index contributed by atoms with van der Waals surface area (Å²) in [6, 6.07) is 18.6. The SMILES string of the molecule is [O-][N+]1(CC(O)c2ccccc2)CN(CC(O)c2ccccc2)c2c(Br)c(Br)c(Br)c(Br)c21. The Kier molecular flexibility index (Phi) is 7.48. The molecule has 4 rings (SSSR count). The molecule has 0 amide bonds. The van der Waals surface area contributed by atoms with Crippen LogP contribution in [0.5, 0.6) is 0 Å². The van der Waals surface area contributed by atoms with E-state index >= 15 is 0 Å². The van der Waals surface area contributed by atoms with Crippen LogP contribution in [0.3, 0.4) is 0 Å². The molecule has 0 aromatic heterocycles. The van der Waals surface area contributed by atoms with Crippen LogP contribution in [-0.4, -0.2) is 30.0 Å². The molecule has 0 saturated heterocycles. The average Bonchev–Trinajstić information content (AvgIpc) is 3.08. The minimum atomic E-state index is -0.936. The summed E-state index contributed by atoms with van der Waals surface area (Å²) in [7, 11) is 0. The molecule has 1 aliphatic rings. The number of benzene rings is 3. The molecular formula is C23H20Br4N2O3. The normalized spacial score (nSPS) is 19.7. The minimum Gasteiger partial charge on any atom is -0.626 e. The maximum absolute atomic E-state index is 14.2. The highest BCUT2D eigenvalue weighted by Crippen LogP contribution is 2.56. The Morgan fingerprint density at radius 1 is 0.781 bits per heavy atom. The topological polar surface area (TPSA) is 66.8 Å². The van der Waals surface area contributed by atoms with Crippen LogP contribution in [0, 0.1) is 5.21 Å². The van der Waals surface area contributed by atoms with Gasteiger partial charge in [-0.25, -0.2) is 0 Å². The summed E-state index contributed by atoms with van der Waals surface area (Å²) in [6.07, 6.45) is -1.71. The molecule has 0 spiro atoms. The number of nitrogens with zero attached hydrogens (tertiary/aromatic N) is 2. The third kappa shape index (κ3) is 4.59. The molecule has 3 aromatic carbocycles. The number of hydroxylamine groups is 2. The molecule has 0 bridgehead atoms. The largest absolute Gasteiger partial charge is 0.626 e. The Hall–Kier alpha value is -0.780. The number of anilines is 1. The first-order chi connectivity index (χ1) is 15.2. The van der Waals surface area contributed by atoms with Crippen molar-refractivity contribution < 1.29 is 10.2 Å². The standard InChI is InChI=1S/C23H20Br4N2O3/c24-18-19(25)21(27)23-22(20(18)26)28(11-16(30)14-7-3-1-4-8-14)13-29(23,32)12-17(31)15-9-5-2-6-10-15/h1-10,16-17,30-31H,11-13H2. The van der Waals surface area contributed by atoms with E-state index in [2.05, 4.69) is 63.7 Å². The van der Waals surface area contributed by atoms with Crippen LogP contribution in [0.15, 0.2) is 78.6 Å². The van der Waals surface area contributed by atoms with Crippen LogP contribution in [0.25, 0.3) is 0 Å². The Morgan fingerprint density at radius 2 is 1.28 bits per heavy atom. The van der Waals surface area contributed by atoms with E-state index in [0.717, 1.165) is 10.0 Å². The molecule has 3 unspecified atom stereocenters. The molecule has 0 fully saturated rings. The Bertz CT molecular complexity index is 1120. The van der Waals surface area contributed by atoms with Gasteiger partial charge in [0.05, 0.1) is 26.1 Å². The molecule has 0 aliphatic carbocycles. The summed E-state index contributed by atoms with van der Waals surface area (Å²) in [5.41, 5.74) is 2.66. The molecule has 3 atom stereocenters. The fraction of sp³-hybridized carbons (Fsp3) is 0.217. The molecule has 0 saturated carbocycles. The number of β-amino-alcohol motifs (C(OH)–C–C–N with tert-alkyl or cyclic N) is 1. The summed E-state index contributed by atoms with van der Waals surface area (Å²) in [5, 5.41) is 36.0. The molecule has 3 aromatic rings. The van der Waals surface area contributed by atoms with E-state index in [1.807, 2.05) is 65.6 Å². The van der Waals surface area contributed by atoms with E-state index in [0.29, 0.717) is 30.4 Å². The van der Waals surface area contributed by atoms with Crippen LogP contribution in [-0.2, 0) is 0 Å². The highest BCUT2D eigenvalue weighted by Gasteiger charge is 2.43. The summed E-state index contributed by atoms with van der Waals surface area (Å²) < 4.78 is 2.04. The van der Waals surface area contributed by atoms with Gasteiger partial charge in [-0.2, -0.15) is 0 Å². The molecule has 32 heavy (non-hydrogen) atoms. The Balaban J connectivity index is 1.74. The highest BCUT2D eigenvalue weighted by atomic mass is 79.9. The highest BCUT2D eigenvalue weighted by molar-refractivity contribution is 9.15. The molecule has 9 heteroatoms. The number of aliphatic hydroxyl groups is 2. The second kappa shape index (κ2) is 9.84. The van der Waals surface area contributed by atoms with E-state index in [1.165, 1.54) is 0 Å². The van der Waals surface area contributed by atoms with Crippen LogP contribution < -0.4 is 9.55 Å². The fourth-order valence-electron chi connectivity index (χ4n) is 4.03. The number of hydrogen-bond donors (Lipinski definition) is 2.